The minimum Gasteiger partial charge on any atom is -0.352 e. The normalized spacial score (nSPS) is 15.2. The zero-order valence-electron chi connectivity index (χ0n) is 21.7. The average molecular weight is 588 g/mol. The van der Waals surface area contributed by atoms with Crippen molar-refractivity contribution in [3.63, 3.8) is 0 Å². The van der Waals surface area contributed by atoms with Gasteiger partial charge in [0.25, 0.3) is 0 Å². The molecule has 0 bridgehead atoms. The highest BCUT2D eigenvalue weighted by atomic mass is 35.5. The van der Waals surface area contributed by atoms with E-state index in [0.29, 0.717) is 19.9 Å². The van der Waals surface area contributed by atoms with Gasteiger partial charge in [-0.05, 0) is 49.6 Å². The summed E-state index contributed by atoms with van der Waals surface area (Å²) in [6, 6.07) is 9.13. The van der Waals surface area contributed by atoms with Crippen LogP contribution >= 0.6 is 23.2 Å². The minimum atomic E-state index is -4.26. The molecule has 0 aliphatic heterocycles. The van der Waals surface area contributed by atoms with Crippen LogP contribution in [0.3, 0.4) is 0 Å². The predicted molar refractivity (Wildman–Crippen MR) is 148 cm³/mol. The fourth-order valence-electron chi connectivity index (χ4n) is 4.34. The van der Waals surface area contributed by atoms with Crippen molar-refractivity contribution < 1.29 is 22.4 Å². The lowest BCUT2D eigenvalue weighted by molar-refractivity contribution is -0.139. The molecular formula is C26H33Cl2FN4O4S. The number of carbonyl (C=O) groups is 2. The number of halogens is 3. The van der Waals surface area contributed by atoms with Gasteiger partial charge >= 0.3 is 10.2 Å². The molecule has 0 saturated heterocycles. The molecule has 8 nitrogen and oxygen atoms in total. The summed E-state index contributed by atoms with van der Waals surface area (Å²) in [6.07, 6.45) is 4.87. The second-order valence-corrected chi connectivity index (χ2v) is 12.4. The molecule has 0 aromatic heterocycles. The monoisotopic (exact) mass is 586 g/mol. The molecule has 1 aliphatic rings. The molecule has 1 fully saturated rings. The Balaban J connectivity index is 1.95. The number of amides is 2. The molecule has 2 aromatic rings. The van der Waals surface area contributed by atoms with E-state index in [1.807, 2.05) is 0 Å². The van der Waals surface area contributed by atoms with Gasteiger partial charge in [0.2, 0.25) is 11.8 Å². The van der Waals surface area contributed by atoms with Gasteiger partial charge in [0.1, 0.15) is 18.4 Å². The highest BCUT2D eigenvalue weighted by molar-refractivity contribution is 7.90. The van der Waals surface area contributed by atoms with Gasteiger partial charge in [-0.3, -0.25) is 9.59 Å². The Morgan fingerprint density at radius 3 is 2.34 bits per heavy atom. The van der Waals surface area contributed by atoms with Crippen molar-refractivity contribution in [3.05, 3.63) is 63.9 Å². The van der Waals surface area contributed by atoms with E-state index >= 15 is 0 Å². The zero-order chi connectivity index (χ0) is 28.0. The number of hydrogen-bond donors (Lipinski definition) is 1. The summed E-state index contributed by atoms with van der Waals surface area (Å²) in [5.74, 6) is -1.86. The van der Waals surface area contributed by atoms with Gasteiger partial charge in [0.05, 0.1) is 5.69 Å². The second kappa shape index (κ2) is 13.1. The lowest BCUT2D eigenvalue weighted by atomic mass is 9.95. The van der Waals surface area contributed by atoms with Crippen LogP contribution in [-0.2, 0) is 26.3 Å². The molecule has 1 unspecified atom stereocenters. The van der Waals surface area contributed by atoms with Crippen molar-refractivity contribution in [3.8, 4) is 0 Å². The van der Waals surface area contributed by atoms with Gasteiger partial charge in [0.15, 0.2) is 0 Å². The maximum Gasteiger partial charge on any atom is 0.304 e. The van der Waals surface area contributed by atoms with Gasteiger partial charge in [-0.1, -0.05) is 60.7 Å². The zero-order valence-corrected chi connectivity index (χ0v) is 24.0. The van der Waals surface area contributed by atoms with Crippen molar-refractivity contribution in [2.75, 3.05) is 24.9 Å². The third-order valence-electron chi connectivity index (χ3n) is 6.61. The second-order valence-electron chi connectivity index (χ2n) is 9.53. The van der Waals surface area contributed by atoms with Gasteiger partial charge in [-0.2, -0.15) is 12.7 Å². The van der Waals surface area contributed by atoms with Crippen LogP contribution < -0.4 is 9.62 Å². The van der Waals surface area contributed by atoms with Gasteiger partial charge in [-0.15, -0.1) is 0 Å². The molecule has 38 heavy (non-hydrogen) atoms. The maximum absolute atomic E-state index is 14.7. The fourth-order valence-corrected chi connectivity index (χ4v) is 5.87. The van der Waals surface area contributed by atoms with E-state index < -0.39 is 34.5 Å². The SMILES string of the molecule is CC(C(=O)NC1CCCCC1)N(Cc1ccc(Cl)cc1Cl)C(=O)CN(c1ccccc1F)S(=O)(=O)N(C)C. The van der Waals surface area contributed by atoms with Crippen LogP contribution in [0.4, 0.5) is 10.1 Å². The molecule has 2 amide bonds. The predicted octanol–water partition coefficient (Wildman–Crippen LogP) is 4.61. The van der Waals surface area contributed by atoms with E-state index in [9.17, 15) is 22.4 Å². The van der Waals surface area contributed by atoms with E-state index in [4.69, 9.17) is 23.2 Å². The molecule has 1 aliphatic carbocycles. The Morgan fingerprint density at radius 2 is 1.74 bits per heavy atom. The van der Waals surface area contributed by atoms with E-state index in [1.165, 1.54) is 43.3 Å². The Morgan fingerprint density at radius 1 is 1.08 bits per heavy atom. The maximum atomic E-state index is 14.7. The summed E-state index contributed by atoms with van der Waals surface area (Å²) in [4.78, 5) is 28.3. The number of para-hydroxylation sites is 1. The molecule has 0 spiro atoms. The van der Waals surface area contributed by atoms with Crippen LogP contribution in [-0.4, -0.2) is 62.2 Å². The van der Waals surface area contributed by atoms with Crippen LogP contribution in [0.5, 0.6) is 0 Å². The number of nitrogens with zero attached hydrogens (tertiary/aromatic N) is 3. The molecule has 0 radical (unpaired) electrons. The first-order chi connectivity index (χ1) is 17.9. The molecule has 3 rings (SSSR count). The molecule has 2 aromatic carbocycles. The fraction of sp³-hybridized carbons (Fsp3) is 0.462. The molecule has 1 saturated carbocycles. The standard InChI is InChI=1S/C26H33Cl2FN4O4S/c1-18(26(35)30-21-9-5-4-6-10-21)32(16-19-13-14-20(27)15-22(19)28)25(34)17-33(38(36,37)31(2)3)24-12-8-7-11-23(24)29/h7-8,11-15,18,21H,4-6,9-10,16-17H2,1-3H3,(H,30,35). The van der Waals surface area contributed by atoms with Crippen LogP contribution in [0, 0.1) is 5.82 Å². The van der Waals surface area contributed by atoms with E-state index in [0.717, 1.165) is 42.5 Å². The van der Waals surface area contributed by atoms with Gasteiger partial charge < -0.3 is 10.2 Å². The Labute approximate surface area is 233 Å². The van der Waals surface area contributed by atoms with Crippen LogP contribution in [0.15, 0.2) is 42.5 Å². The Hall–Kier alpha value is -2.40. The van der Waals surface area contributed by atoms with E-state index in [2.05, 4.69) is 5.32 Å². The lowest BCUT2D eigenvalue weighted by Crippen LogP contribution is -2.53. The van der Waals surface area contributed by atoms with Crippen molar-refractivity contribution in [2.24, 2.45) is 0 Å². The average Bonchev–Trinajstić information content (AvgIpc) is 2.87. The molecule has 1 atom stereocenters. The van der Waals surface area contributed by atoms with Crippen LogP contribution in [0.1, 0.15) is 44.6 Å². The summed E-state index contributed by atoms with van der Waals surface area (Å²) in [6.45, 7) is 0.767. The number of benzene rings is 2. The third-order valence-corrected chi connectivity index (χ3v) is 9.01. The summed E-state index contributed by atoms with van der Waals surface area (Å²) in [5, 5.41) is 3.72. The topological polar surface area (TPSA) is 90.0 Å². The summed E-state index contributed by atoms with van der Waals surface area (Å²) in [5.41, 5.74) is 0.243. The molecule has 0 heterocycles. The number of anilines is 1. The van der Waals surface area contributed by atoms with Crippen molar-refractivity contribution >= 4 is 50.9 Å². The number of carbonyl (C=O) groups excluding carboxylic acids is 2. The van der Waals surface area contributed by atoms with E-state index in [-0.39, 0.29) is 24.2 Å². The van der Waals surface area contributed by atoms with Crippen LogP contribution in [0.25, 0.3) is 0 Å². The Kier molecular flexibility index (Phi) is 10.4. The molecular weight excluding hydrogens is 554 g/mol. The summed E-state index contributed by atoms with van der Waals surface area (Å²) >= 11 is 12.4. The summed E-state index contributed by atoms with van der Waals surface area (Å²) < 4.78 is 42.6. The lowest BCUT2D eigenvalue weighted by Gasteiger charge is -2.34. The van der Waals surface area contributed by atoms with Crippen molar-refractivity contribution in [1.29, 1.82) is 0 Å². The minimum absolute atomic E-state index is 0.0128. The molecule has 12 heteroatoms. The van der Waals surface area contributed by atoms with Gasteiger partial charge in [0, 0.05) is 36.7 Å². The molecule has 208 valence electrons. The third kappa shape index (κ3) is 7.37. The smallest absolute Gasteiger partial charge is 0.304 e. The van der Waals surface area contributed by atoms with Crippen molar-refractivity contribution in [2.45, 2.75) is 57.7 Å². The van der Waals surface area contributed by atoms with E-state index in [1.54, 1.807) is 19.1 Å². The quantitative estimate of drug-likeness (QED) is 0.440. The van der Waals surface area contributed by atoms with Crippen molar-refractivity contribution in [1.82, 2.24) is 14.5 Å². The number of nitrogens with one attached hydrogen (secondary N) is 1. The Bertz CT molecular complexity index is 1260. The first-order valence-corrected chi connectivity index (χ1v) is 14.6. The largest absolute Gasteiger partial charge is 0.352 e. The van der Waals surface area contributed by atoms with Crippen LogP contribution in [0.2, 0.25) is 10.0 Å². The first kappa shape index (κ1) is 30.1. The highest BCUT2D eigenvalue weighted by Gasteiger charge is 2.34. The molecule has 1 N–H and O–H groups in total. The van der Waals surface area contributed by atoms with Gasteiger partial charge in [-0.25, -0.2) is 8.70 Å². The highest BCUT2D eigenvalue weighted by Crippen LogP contribution is 2.26. The number of rotatable bonds is 10. The summed E-state index contributed by atoms with van der Waals surface area (Å²) in [7, 11) is -1.68. The number of hydrogen-bond acceptors (Lipinski definition) is 4. The first-order valence-electron chi connectivity index (χ1n) is 12.4.